The Balaban J connectivity index is 1.65. The van der Waals surface area contributed by atoms with Gasteiger partial charge >= 0.3 is 0 Å². The van der Waals surface area contributed by atoms with Crippen molar-refractivity contribution in [3.63, 3.8) is 0 Å². The van der Waals surface area contributed by atoms with Crippen molar-refractivity contribution in [2.45, 2.75) is 63.5 Å². The number of rotatable bonds is 6. The van der Waals surface area contributed by atoms with Crippen LogP contribution in [0, 0.1) is 0 Å². The molecule has 110 valence electrons. The molecule has 0 aromatic carbocycles. The van der Waals surface area contributed by atoms with Gasteiger partial charge in [0.05, 0.1) is 18.8 Å². The van der Waals surface area contributed by atoms with Crippen molar-refractivity contribution < 1.29 is 9.47 Å². The summed E-state index contributed by atoms with van der Waals surface area (Å²) < 4.78 is 11.6. The summed E-state index contributed by atoms with van der Waals surface area (Å²) in [5, 5.41) is 3.63. The van der Waals surface area contributed by atoms with Crippen LogP contribution in [0.1, 0.15) is 51.9 Å². The molecule has 1 unspecified atom stereocenters. The largest absolute Gasteiger partial charge is 0.376 e. The Labute approximate surface area is 117 Å². The van der Waals surface area contributed by atoms with E-state index in [1.165, 1.54) is 38.5 Å². The number of hydrogen-bond acceptors (Lipinski definition) is 3. The van der Waals surface area contributed by atoms with Gasteiger partial charge in [0.2, 0.25) is 0 Å². The highest BCUT2D eigenvalue weighted by molar-refractivity contribution is 4.92. The van der Waals surface area contributed by atoms with Gasteiger partial charge in [0.1, 0.15) is 0 Å². The zero-order valence-corrected chi connectivity index (χ0v) is 12.4. The van der Waals surface area contributed by atoms with Crippen molar-refractivity contribution in [1.29, 1.82) is 0 Å². The van der Waals surface area contributed by atoms with Crippen LogP contribution < -0.4 is 5.32 Å². The van der Waals surface area contributed by atoms with Crippen LogP contribution in [0.2, 0.25) is 0 Å². The van der Waals surface area contributed by atoms with Gasteiger partial charge in [-0.3, -0.25) is 0 Å². The Morgan fingerprint density at radius 1 is 1.37 bits per heavy atom. The van der Waals surface area contributed by atoms with E-state index in [1.54, 1.807) is 0 Å². The molecule has 2 aliphatic rings. The maximum absolute atomic E-state index is 6.11. The summed E-state index contributed by atoms with van der Waals surface area (Å²) in [6.45, 7) is 9.15. The maximum atomic E-state index is 6.11. The quantitative estimate of drug-likeness (QED) is 0.592. The molecule has 3 heteroatoms. The number of nitrogens with one attached hydrogen (secondary N) is 1. The van der Waals surface area contributed by atoms with Gasteiger partial charge in [-0.1, -0.05) is 31.4 Å². The first kappa shape index (κ1) is 15.0. The molecule has 2 fully saturated rings. The van der Waals surface area contributed by atoms with E-state index >= 15 is 0 Å². The van der Waals surface area contributed by atoms with E-state index in [9.17, 15) is 0 Å². The fraction of sp³-hybridized carbons (Fsp3) is 0.875. The van der Waals surface area contributed by atoms with Gasteiger partial charge in [0, 0.05) is 19.2 Å². The summed E-state index contributed by atoms with van der Waals surface area (Å²) in [6, 6.07) is 0.611. The first-order chi connectivity index (χ1) is 9.20. The molecule has 0 aromatic heterocycles. The second kappa shape index (κ2) is 7.41. The lowest BCUT2D eigenvalue weighted by Gasteiger charge is -2.43. The maximum Gasteiger partial charge on any atom is 0.0697 e. The molecule has 1 spiro atoms. The van der Waals surface area contributed by atoms with E-state index < -0.39 is 0 Å². The van der Waals surface area contributed by atoms with Gasteiger partial charge in [-0.15, -0.1) is 0 Å². The van der Waals surface area contributed by atoms with Gasteiger partial charge in [-0.05, 0) is 32.6 Å². The molecule has 0 radical (unpaired) electrons. The molecule has 1 saturated heterocycles. The first-order valence-corrected chi connectivity index (χ1v) is 7.80. The zero-order valence-electron chi connectivity index (χ0n) is 12.4. The van der Waals surface area contributed by atoms with Crippen molar-refractivity contribution in [2.75, 3.05) is 26.4 Å². The van der Waals surface area contributed by atoms with Crippen molar-refractivity contribution in [3.05, 3.63) is 12.2 Å². The molecule has 0 bridgehead atoms. The molecule has 1 aliphatic heterocycles. The van der Waals surface area contributed by atoms with Crippen molar-refractivity contribution in [1.82, 2.24) is 5.32 Å². The van der Waals surface area contributed by atoms with Crippen molar-refractivity contribution in [2.24, 2.45) is 0 Å². The molecule has 1 atom stereocenters. The van der Waals surface area contributed by atoms with E-state index in [0.717, 1.165) is 31.8 Å². The Morgan fingerprint density at radius 3 is 2.89 bits per heavy atom. The van der Waals surface area contributed by atoms with Crippen molar-refractivity contribution in [3.8, 4) is 0 Å². The molecule has 0 aromatic rings. The molecule has 19 heavy (non-hydrogen) atoms. The normalized spacial score (nSPS) is 26.5. The van der Waals surface area contributed by atoms with Gasteiger partial charge in [-0.25, -0.2) is 0 Å². The Morgan fingerprint density at radius 2 is 2.16 bits per heavy atom. The highest BCUT2D eigenvalue weighted by Gasteiger charge is 2.38. The van der Waals surface area contributed by atoms with Crippen LogP contribution in [0.25, 0.3) is 0 Å². The standard InChI is InChI=1S/C16H29NO2/c1-14(2)13-18-11-9-17-15-6-10-19-16(12-15)7-4-3-5-8-16/h15,17H,1,3-13H2,2H3. The fourth-order valence-electron chi connectivity index (χ4n) is 3.33. The zero-order chi connectivity index (χ0) is 13.6. The summed E-state index contributed by atoms with van der Waals surface area (Å²) >= 11 is 0. The second-order valence-electron chi connectivity index (χ2n) is 6.25. The van der Waals surface area contributed by atoms with Crippen LogP contribution in [0.4, 0.5) is 0 Å². The highest BCUT2D eigenvalue weighted by atomic mass is 16.5. The predicted octanol–water partition coefficient (Wildman–Crippen LogP) is 3.05. The molecule has 1 heterocycles. The van der Waals surface area contributed by atoms with Crippen LogP contribution >= 0.6 is 0 Å². The third-order valence-corrected chi connectivity index (χ3v) is 4.29. The third-order valence-electron chi connectivity index (χ3n) is 4.29. The minimum absolute atomic E-state index is 0.201. The summed E-state index contributed by atoms with van der Waals surface area (Å²) in [6.07, 6.45) is 8.92. The Kier molecular flexibility index (Phi) is 5.86. The SMILES string of the molecule is C=C(C)COCCNC1CCOC2(CCCCC2)C1. The van der Waals surface area contributed by atoms with Crippen molar-refractivity contribution >= 4 is 0 Å². The van der Waals surface area contributed by atoms with Crippen LogP contribution in [-0.2, 0) is 9.47 Å². The fourth-order valence-corrected chi connectivity index (χ4v) is 3.33. The highest BCUT2D eigenvalue weighted by Crippen LogP contribution is 2.38. The predicted molar refractivity (Wildman–Crippen MR) is 78.4 cm³/mol. The van der Waals surface area contributed by atoms with Gasteiger partial charge in [0.25, 0.3) is 0 Å². The molecule has 2 rings (SSSR count). The van der Waals surface area contributed by atoms with Crippen LogP contribution in [-0.4, -0.2) is 38.0 Å². The number of hydrogen-bond donors (Lipinski definition) is 1. The van der Waals surface area contributed by atoms with Gasteiger partial charge < -0.3 is 14.8 Å². The molecule has 3 nitrogen and oxygen atoms in total. The van der Waals surface area contributed by atoms with Gasteiger partial charge in [0.15, 0.2) is 0 Å². The van der Waals surface area contributed by atoms with E-state index in [2.05, 4.69) is 11.9 Å². The minimum atomic E-state index is 0.201. The van der Waals surface area contributed by atoms with Crippen LogP contribution in [0.5, 0.6) is 0 Å². The molecule has 0 amide bonds. The molecule has 1 N–H and O–H groups in total. The lowest BCUT2D eigenvalue weighted by molar-refractivity contribution is -0.109. The Hall–Kier alpha value is -0.380. The van der Waals surface area contributed by atoms with E-state index in [1.807, 2.05) is 6.92 Å². The van der Waals surface area contributed by atoms with E-state index in [4.69, 9.17) is 9.47 Å². The summed E-state index contributed by atoms with van der Waals surface area (Å²) in [5.74, 6) is 0. The molecular formula is C16H29NO2. The number of ether oxygens (including phenoxy) is 2. The summed E-state index contributed by atoms with van der Waals surface area (Å²) in [4.78, 5) is 0. The second-order valence-corrected chi connectivity index (χ2v) is 6.25. The van der Waals surface area contributed by atoms with Gasteiger partial charge in [-0.2, -0.15) is 0 Å². The molecule has 1 saturated carbocycles. The topological polar surface area (TPSA) is 30.5 Å². The lowest BCUT2D eigenvalue weighted by atomic mass is 9.78. The first-order valence-electron chi connectivity index (χ1n) is 7.80. The lowest BCUT2D eigenvalue weighted by Crippen LogP contribution is -2.48. The van der Waals surface area contributed by atoms with E-state index in [-0.39, 0.29) is 5.60 Å². The summed E-state index contributed by atoms with van der Waals surface area (Å²) in [5.41, 5.74) is 1.29. The average molecular weight is 267 g/mol. The minimum Gasteiger partial charge on any atom is -0.376 e. The smallest absolute Gasteiger partial charge is 0.0697 e. The van der Waals surface area contributed by atoms with Crippen LogP contribution in [0.3, 0.4) is 0 Å². The third kappa shape index (κ3) is 4.90. The monoisotopic (exact) mass is 267 g/mol. The molecular weight excluding hydrogens is 238 g/mol. The summed E-state index contributed by atoms with van der Waals surface area (Å²) in [7, 11) is 0. The average Bonchev–Trinajstić information content (AvgIpc) is 2.39. The molecule has 1 aliphatic carbocycles. The van der Waals surface area contributed by atoms with Crippen LogP contribution in [0.15, 0.2) is 12.2 Å². The Bertz CT molecular complexity index is 279. The van der Waals surface area contributed by atoms with E-state index in [0.29, 0.717) is 12.6 Å².